The Morgan fingerprint density at radius 2 is 2.40 bits per heavy atom. The second-order valence-corrected chi connectivity index (χ2v) is 5.10. The van der Waals surface area contributed by atoms with Gasteiger partial charge in [0.15, 0.2) is 0 Å². The van der Waals surface area contributed by atoms with Crippen molar-refractivity contribution in [2.24, 2.45) is 0 Å². The molecular weight excluding hydrogens is 257 g/mol. The lowest BCUT2D eigenvalue weighted by Crippen LogP contribution is -2.49. The number of nitrogens with one attached hydrogen (secondary N) is 2. The zero-order valence-corrected chi connectivity index (χ0v) is 11.9. The molecule has 1 aromatic rings. The highest BCUT2D eigenvalue weighted by Crippen LogP contribution is 2.22. The maximum Gasteiger partial charge on any atom is 0.234 e. The molecule has 0 bridgehead atoms. The number of piperazine rings is 1. The summed E-state index contributed by atoms with van der Waals surface area (Å²) in [5.74, 6) is -0.196. The Labute approximate surface area is 119 Å². The number of amides is 1. The van der Waals surface area contributed by atoms with E-state index >= 15 is 0 Å². The molecule has 1 unspecified atom stereocenters. The molecule has 0 saturated carbocycles. The van der Waals surface area contributed by atoms with Crippen LogP contribution in [0.15, 0.2) is 24.3 Å². The van der Waals surface area contributed by atoms with E-state index in [2.05, 4.69) is 15.5 Å². The third-order valence-corrected chi connectivity index (χ3v) is 3.51. The normalized spacial score (nSPS) is 19.8. The van der Waals surface area contributed by atoms with Crippen LogP contribution in [0, 0.1) is 5.82 Å². The first-order valence-corrected chi connectivity index (χ1v) is 7.17. The summed E-state index contributed by atoms with van der Waals surface area (Å²) in [5, 5.41) is 6.19. The number of hydrogen-bond acceptors (Lipinski definition) is 3. The van der Waals surface area contributed by atoms with E-state index in [1.54, 1.807) is 12.1 Å². The van der Waals surface area contributed by atoms with Gasteiger partial charge in [-0.05, 0) is 24.1 Å². The largest absolute Gasteiger partial charge is 0.355 e. The predicted octanol–water partition coefficient (Wildman–Crippen LogP) is 1.30. The number of rotatable bonds is 5. The van der Waals surface area contributed by atoms with E-state index in [4.69, 9.17) is 0 Å². The smallest absolute Gasteiger partial charge is 0.234 e. The van der Waals surface area contributed by atoms with Crippen LogP contribution in [0.4, 0.5) is 4.39 Å². The van der Waals surface area contributed by atoms with Crippen LogP contribution in [0.25, 0.3) is 0 Å². The Morgan fingerprint density at radius 3 is 3.15 bits per heavy atom. The molecule has 0 radical (unpaired) electrons. The van der Waals surface area contributed by atoms with Crippen molar-refractivity contribution in [2.75, 3.05) is 32.7 Å². The third kappa shape index (κ3) is 4.02. The molecule has 0 aromatic heterocycles. The van der Waals surface area contributed by atoms with Gasteiger partial charge in [0.1, 0.15) is 5.82 Å². The molecule has 1 fully saturated rings. The molecule has 20 heavy (non-hydrogen) atoms. The quantitative estimate of drug-likeness (QED) is 0.854. The Kier molecular flexibility index (Phi) is 5.49. The van der Waals surface area contributed by atoms with Crippen molar-refractivity contribution in [3.8, 4) is 0 Å². The summed E-state index contributed by atoms with van der Waals surface area (Å²) < 4.78 is 13.4. The van der Waals surface area contributed by atoms with Crippen molar-refractivity contribution in [1.82, 2.24) is 15.5 Å². The van der Waals surface area contributed by atoms with Gasteiger partial charge < -0.3 is 10.6 Å². The molecule has 0 aliphatic carbocycles. The molecule has 1 atom stereocenters. The lowest BCUT2D eigenvalue weighted by molar-refractivity contribution is -0.123. The summed E-state index contributed by atoms with van der Waals surface area (Å²) in [7, 11) is 0. The molecule has 5 heteroatoms. The van der Waals surface area contributed by atoms with Crippen LogP contribution < -0.4 is 10.6 Å². The zero-order chi connectivity index (χ0) is 14.4. The number of carbonyl (C=O) groups excluding carboxylic acids is 1. The summed E-state index contributed by atoms with van der Waals surface area (Å²) in [6.45, 7) is 5.48. The Balaban J connectivity index is 2.03. The first-order valence-electron chi connectivity index (χ1n) is 7.17. The van der Waals surface area contributed by atoms with E-state index in [9.17, 15) is 9.18 Å². The van der Waals surface area contributed by atoms with Gasteiger partial charge >= 0.3 is 0 Å². The van der Waals surface area contributed by atoms with Gasteiger partial charge in [-0.2, -0.15) is 0 Å². The summed E-state index contributed by atoms with van der Waals surface area (Å²) in [6.07, 6.45) is 0.931. The van der Waals surface area contributed by atoms with Gasteiger partial charge in [-0.3, -0.25) is 9.69 Å². The Hall–Kier alpha value is -1.46. The number of benzene rings is 1. The average molecular weight is 279 g/mol. The minimum atomic E-state index is -0.233. The molecule has 1 aromatic carbocycles. The maximum atomic E-state index is 13.4. The van der Waals surface area contributed by atoms with Crippen LogP contribution in [0.5, 0.6) is 0 Å². The minimum absolute atomic E-state index is 0.0372. The van der Waals surface area contributed by atoms with Gasteiger partial charge in [0, 0.05) is 32.2 Å². The fourth-order valence-electron chi connectivity index (χ4n) is 2.48. The average Bonchev–Trinajstić information content (AvgIpc) is 2.45. The van der Waals surface area contributed by atoms with Crippen LogP contribution >= 0.6 is 0 Å². The van der Waals surface area contributed by atoms with E-state index < -0.39 is 0 Å². The molecule has 1 saturated heterocycles. The second-order valence-electron chi connectivity index (χ2n) is 5.10. The molecule has 110 valence electrons. The van der Waals surface area contributed by atoms with Gasteiger partial charge in [-0.25, -0.2) is 4.39 Å². The van der Waals surface area contributed by atoms with E-state index in [1.165, 1.54) is 6.07 Å². The van der Waals surface area contributed by atoms with Gasteiger partial charge in [-0.1, -0.05) is 19.1 Å². The molecule has 4 nitrogen and oxygen atoms in total. The molecule has 0 spiro atoms. The monoisotopic (exact) mass is 279 g/mol. The van der Waals surface area contributed by atoms with Crippen molar-refractivity contribution in [1.29, 1.82) is 0 Å². The summed E-state index contributed by atoms with van der Waals surface area (Å²) in [5.41, 5.74) is 0.917. The molecule has 2 rings (SSSR count). The van der Waals surface area contributed by atoms with E-state index in [0.29, 0.717) is 13.1 Å². The van der Waals surface area contributed by atoms with Gasteiger partial charge in [0.25, 0.3) is 0 Å². The van der Waals surface area contributed by atoms with Crippen molar-refractivity contribution in [2.45, 2.75) is 19.4 Å². The SMILES string of the molecule is CCCNC(=O)CN1CCNCC1c1cccc(F)c1. The number of hydrogen-bond donors (Lipinski definition) is 2. The third-order valence-electron chi connectivity index (χ3n) is 3.51. The number of nitrogens with zero attached hydrogens (tertiary/aromatic N) is 1. The highest BCUT2D eigenvalue weighted by Gasteiger charge is 2.25. The zero-order valence-electron chi connectivity index (χ0n) is 11.9. The predicted molar refractivity (Wildman–Crippen MR) is 76.9 cm³/mol. The van der Waals surface area contributed by atoms with E-state index in [1.807, 2.05) is 13.0 Å². The highest BCUT2D eigenvalue weighted by molar-refractivity contribution is 5.78. The van der Waals surface area contributed by atoms with Crippen LogP contribution in [0.3, 0.4) is 0 Å². The molecule has 1 heterocycles. The van der Waals surface area contributed by atoms with Crippen molar-refractivity contribution in [3.63, 3.8) is 0 Å². The van der Waals surface area contributed by atoms with Crippen molar-refractivity contribution >= 4 is 5.91 Å². The van der Waals surface area contributed by atoms with E-state index in [0.717, 1.165) is 31.6 Å². The number of carbonyl (C=O) groups is 1. The first kappa shape index (κ1) is 14.9. The molecule has 1 aliphatic heterocycles. The summed E-state index contributed by atoms with van der Waals surface area (Å²) in [4.78, 5) is 14.0. The lowest BCUT2D eigenvalue weighted by atomic mass is 10.0. The Morgan fingerprint density at radius 1 is 1.55 bits per heavy atom. The molecular formula is C15H22FN3O. The van der Waals surface area contributed by atoms with Crippen LogP contribution in [-0.2, 0) is 4.79 Å². The second kappa shape index (κ2) is 7.36. The fraction of sp³-hybridized carbons (Fsp3) is 0.533. The lowest BCUT2D eigenvalue weighted by Gasteiger charge is -2.36. The standard InChI is InChI=1S/C15H22FN3O/c1-2-6-18-15(20)11-19-8-7-17-10-14(19)12-4-3-5-13(16)9-12/h3-5,9,14,17H,2,6-8,10-11H2,1H3,(H,18,20). The van der Waals surface area contributed by atoms with Crippen LogP contribution in [-0.4, -0.2) is 43.5 Å². The highest BCUT2D eigenvalue weighted by atomic mass is 19.1. The molecule has 1 aliphatic rings. The molecule has 2 N–H and O–H groups in total. The minimum Gasteiger partial charge on any atom is -0.355 e. The topological polar surface area (TPSA) is 44.4 Å². The van der Waals surface area contributed by atoms with Crippen LogP contribution in [0.1, 0.15) is 24.9 Å². The summed E-state index contributed by atoms with van der Waals surface area (Å²) in [6, 6.07) is 6.67. The molecule has 1 amide bonds. The van der Waals surface area contributed by atoms with Crippen molar-refractivity contribution < 1.29 is 9.18 Å². The van der Waals surface area contributed by atoms with E-state index in [-0.39, 0.29) is 17.8 Å². The van der Waals surface area contributed by atoms with Crippen LogP contribution in [0.2, 0.25) is 0 Å². The maximum absolute atomic E-state index is 13.4. The Bertz CT molecular complexity index is 452. The van der Waals surface area contributed by atoms with Gasteiger partial charge in [0.2, 0.25) is 5.91 Å². The summed E-state index contributed by atoms with van der Waals surface area (Å²) >= 11 is 0. The first-order chi connectivity index (χ1) is 9.70. The van der Waals surface area contributed by atoms with Gasteiger partial charge in [-0.15, -0.1) is 0 Å². The fourth-order valence-corrected chi connectivity index (χ4v) is 2.48. The van der Waals surface area contributed by atoms with Gasteiger partial charge in [0.05, 0.1) is 6.54 Å². The number of halogens is 1. The van der Waals surface area contributed by atoms with Crippen molar-refractivity contribution in [3.05, 3.63) is 35.6 Å².